The number of methoxy groups -OCH3 is 1. The van der Waals surface area contributed by atoms with Crippen molar-refractivity contribution < 1.29 is 24.2 Å². The van der Waals surface area contributed by atoms with Crippen molar-refractivity contribution in [3.05, 3.63) is 48.0 Å². The van der Waals surface area contributed by atoms with E-state index < -0.39 is 24.0 Å². The molecule has 1 aromatic carbocycles. The molecule has 0 radical (unpaired) electrons. The van der Waals surface area contributed by atoms with Gasteiger partial charge in [-0.15, -0.1) is 0 Å². The van der Waals surface area contributed by atoms with E-state index in [2.05, 4.69) is 15.4 Å². The number of ether oxygens (including phenoxy) is 2. The molecular weight excluding hydrogens is 360 g/mol. The number of rotatable bonds is 10. The van der Waals surface area contributed by atoms with Crippen LogP contribution in [0.5, 0.6) is 0 Å². The number of aliphatic hydroxyl groups is 1. The highest BCUT2D eigenvalue weighted by atomic mass is 16.6. The first kappa shape index (κ1) is 23.8. The van der Waals surface area contributed by atoms with Gasteiger partial charge < -0.3 is 19.9 Å². The fraction of sp³-hybridized carbons (Fsp3) is 0.524. The lowest BCUT2D eigenvalue weighted by Gasteiger charge is -2.27. The minimum absolute atomic E-state index is 0.316. The number of hydrogen-bond acceptors (Lipinski definition) is 6. The molecule has 156 valence electrons. The molecule has 0 aliphatic heterocycles. The largest absolute Gasteiger partial charge is 0.466 e. The topological polar surface area (TPSA) is 96.9 Å². The van der Waals surface area contributed by atoms with E-state index in [1.165, 1.54) is 13.2 Å². The molecule has 0 heterocycles. The lowest BCUT2D eigenvalue weighted by atomic mass is 10.0. The second-order valence-electron chi connectivity index (χ2n) is 7.49. The number of carbonyl (C=O) groups excluding carboxylic acids is 2. The molecule has 0 aliphatic carbocycles. The van der Waals surface area contributed by atoms with Crippen LogP contribution in [0.15, 0.2) is 42.5 Å². The van der Waals surface area contributed by atoms with Crippen LogP contribution < -0.4 is 10.6 Å². The number of benzene rings is 1. The van der Waals surface area contributed by atoms with Crippen LogP contribution in [-0.2, 0) is 25.5 Å². The van der Waals surface area contributed by atoms with E-state index in [-0.39, 0.29) is 11.9 Å². The van der Waals surface area contributed by atoms with E-state index in [0.717, 1.165) is 12.0 Å². The summed E-state index contributed by atoms with van der Waals surface area (Å²) in [5.74, 6) is -0.803. The summed E-state index contributed by atoms with van der Waals surface area (Å²) in [5.41, 5.74) is 0.581. The van der Waals surface area contributed by atoms with Crippen LogP contribution in [-0.4, -0.2) is 48.2 Å². The zero-order chi connectivity index (χ0) is 21.2. The molecule has 1 unspecified atom stereocenters. The van der Waals surface area contributed by atoms with Crippen molar-refractivity contribution in [2.24, 2.45) is 0 Å². The van der Waals surface area contributed by atoms with Gasteiger partial charge in [0, 0.05) is 12.1 Å². The third kappa shape index (κ3) is 10.2. The van der Waals surface area contributed by atoms with Gasteiger partial charge in [-0.2, -0.15) is 0 Å². The van der Waals surface area contributed by atoms with Crippen molar-refractivity contribution in [1.82, 2.24) is 10.6 Å². The molecule has 0 aliphatic rings. The summed E-state index contributed by atoms with van der Waals surface area (Å²) >= 11 is 0. The van der Waals surface area contributed by atoms with Crippen molar-refractivity contribution in [2.45, 2.75) is 64.6 Å². The fourth-order valence-electron chi connectivity index (χ4n) is 2.41. The highest BCUT2D eigenvalue weighted by Gasteiger charge is 2.22. The van der Waals surface area contributed by atoms with Crippen LogP contribution in [0.1, 0.15) is 39.7 Å². The van der Waals surface area contributed by atoms with E-state index in [9.17, 15) is 14.7 Å². The van der Waals surface area contributed by atoms with Gasteiger partial charge in [-0.05, 0) is 46.1 Å². The Morgan fingerprint density at radius 1 is 1.21 bits per heavy atom. The van der Waals surface area contributed by atoms with Crippen molar-refractivity contribution in [3.63, 3.8) is 0 Å². The Balaban J connectivity index is 2.68. The molecule has 0 aromatic heterocycles. The molecule has 7 nitrogen and oxygen atoms in total. The maximum Gasteiger partial charge on any atom is 0.330 e. The van der Waals surface area contributed by atoms with Gasteiger partial charge in [0.2, 0.25) is 12.3 Å². The van der Waals surface area contributed by atoms with Gasteiger partial charge in [0.05, 0.1) is 18.8 Å². The van der Waals surface area contributed by atoms with Crippen LogP contribution in [0.2, 0.25) is 0 Å². The fourth-order valence-corrected chi connectivity index (χ4v) is 2.41. The maximum absolute atomic E-state index is 12.5. The maximum atomic E-state index is 12.5. The summed E-state index contributed by atoms with van der Waals surface area (Å²) in [6, 6.07) is 8.81. The second-order valence-corrected chi connectivity index (χ2v) is 7.49. The Morgan fingerprint density at radius 2 is 1.86 bits per heavy atom. The first-order chi connectivity index (χ1) is 13.1. The monoisotopic (exact) mass is 392 g/mol. The van der Waals surface area contributed by atoms with Gasteiger partial charge in [0.15, 0.2) is 0 Å². The third-order valence-electron chi connectivity index (χ3n) is 3.83. The number of carbonyl (C=O) groups is 2. The number of hydrogen-bond donors (Lipinski definition) is 3. The zero-order valence-corrected chi connectivity index (χ0v) is 17.3. The SMILES string of the molecule is COC(=O)/C=C/[C@H](CCc1ccccc1)NC(=O)[C@H](C)NC(O)OC(C)(C)C. The Bertz CT molecular complexity index is 640. The Labute approximate surface area is 167 Å². The minimum atomic E-state index is -1.27. The van der Waals surface area contributed by atoms with Gasteiger partial charge in [0.25, 0.3) is 0 Å². The number of aryl methyl sites for hydroxylation is 1. The molecule has 1 aromatic rings. The molecule has 28 heavy (non-hydrogen) atoms. The highest BCUT2D eigenvalue weighted by Crippen LogP contribution is 2.09. The summed E-state index contributed by atoms with van der Waals surface area (Å²) in [6.45, 7) is 7.04. The van der Waals surface area contributed by atoms with Crippen molar-refractivity contribution in [2.75, 3.05) is 7.11 Å². The molecular formula is C21H32N2O5. The molecule has 1 amide bonds. The van der Waals surface area contributed by atoms with Crippen LogP contribution in [0, 0.1) is 0 Å². The molecule has 0 fully saturated rings. The van der Waals surface area contributed by atoms with E-state index in [4.69, 9.17) is 4.74 Å². The Kier molecular flexibility index (Phi) is 9.85. The van der Waals surface area contributed by atoms with E-state index >= 15 is 0 Å². The summed E-state index contributed by atoms with van der Waals surface area (Å²) in [5, 5.41) is 15.5. The molecule has 3 atom stereocenters. The number of nitrogens with one attached hydrogen (secondary N) is 2. The van der Waals surface area contributed by atoms with Gasteiger partial charge >= 0.3 is 5.97 Å². The van der Waals surface area contributed by atoms with Crippen LogP contribution >= 0.6 is 0 Å². The molecule has 0 saturated carbocycles. The van der Waals surface area contributed by atoms with Gasteiger partial charge in [-0.1, -0.05) is 36.4 Å². The average molecular weight is 392 g/mol. The lowest BCUT2D eigenvalue weighted by Crippen LogP contribution is -2.51. The first-order valence-electron chi connectivity index (χ1n) is 9.33. The zero-order valence-electron chi connectivity index (χ0n) is 17.3. The molecule has 0 bridgehead atoms. The smallest absolute Gasteiger partial charge is 0.330 e. The Hall–Kier alpha value is -2.22. The van der Waals surface area contributed by atoms with Crippen molar-refractivity contribution in [1.29, 1.82) is 0 Å². The molecule has 0 spiro atoms. The predicted octanol–water partition coefficient (Wildman–Crippen LogP) is 1.90. The molecule has 7 heteroatoms. The quantitative estimate of drug-likeness (QED) is 0.320. The summed E-state index contributed by atoms with van der Waals surface area (Å²) < 4.78 is 9.97. The molecule has 1 rings (SSSR count). The summed E-state index contributed by atoms with van der Waals surface area (Å²) in [4.78, 5) is 23.9. The first-order valence-corrected chi connectivity index (χ1v) is 9.33. The van der Waals surface area contributed by atoms with Crippen molar-refractivity contribution >= 4 is 11.9 Å². The second kappa shape index (κ2) is 11.6. The predicted molar refractivity (Wildman–Crippen MR) is 107 cm³/mol. The van der Waals surface area contributed by atoms with E-state index in [1.807, 2.05) is 30.3 Å². The van der Waals surface area contributed by atoms with Gasteiger partial charge in [0.1, 0.15) is 0 Å². The average Bonchev–Trinajstić information content (AvgIpc) is 2.62. The van der Waals surface area contributed by atoms with Gasteiger partial charge in [-0.25, -0.2) is 4.79 Å². The van der Waals surface area contributed by atoms with Crippen LogP contribution in [0.25, 0.3) is 0 Å². The number of aliphatic hydroxyl groups excluding tert-OH is 1. The van der Waals surface area contributed by atoms with Gasteiger partial charge in [-0.3, -0.25) is 10.1 Å². The summed E-state index contributed by atoms with van der Waals surface area (Å²) in [7, 11) is 1.30. The third-order valence-corrected chi connectivity index (χ3v) is 3.83. The lowest BCUT2D eigenvalue weighted by molar-refractivity contribution is -0.186. The highest BCUT2D eigenvalue weighted by molar-refractivity contribution is 5.83. The minimum Gasteiger partial charge on any atom is -0.466 e. The molecule has 3 N–H and O–H groups in total. The molecule has 0 saturated heterocycles. The van der Waals surface area contributed by atoms with Crippen LogP contribution in [0.3, 0.4) is 0 Å². The van der Waals surface area contributed by atoms with Crippen molar-refractivity contribution in [3.8, 4) is 0 Å². The Morgan fingerprint density at radius 3 is 2.43 bits per heavy atom. The van der Waals surface area contributed by atoms with E-state index in [0.29, 0.717) is 6.42 Å². The normalized spacial score (nSPS) is 15.1. The standard InChI is InChI=1S/C21H32N2O5/c1-15(22-20(26)28-21(2,3)4)19(25)23-17(13-14-18(24)27-5)12-11-16-9-7-6-8-10-16/h6-10,13-15,17,20,22,26H,11-12H2,1-5H3,(H,23,25)/b14-13+/t15-,17-,20?/m0/s1. The number of esters is 1. The number of amides is 1. The summed E-state index contributed by atoms with van der Waals surface area (Å²) in [6.07, 6.45) is 2.98. The van der Waals surface area contributed by atoms with E-state index in [1.54, 1.807) is 33.8 Å². The van der Waals surface area contributed by atoms with Crippen LogP contribution in [0.4, 0.5) is 0 Å².